The second kappa shape index (κ2) is 6.07. The Hall–Kier alpha value is -2.30. The van der Waals surface area contributed by atoms with Crippen LogP contribution in [0.4, 0.5) is 5.95 Å². The molecule has 1 fully saturated rings. The summed E-state index contributed by atoms with van der Waals surface area (Å²) in [6.45, 7) is -0.281. The number of nitrogens with zero attached hydrogens (tertiary/aromatic N) is 5. The Morgan fingerprint density at radius 1 is 1.61 bits per heavy atom. The molecule has 1 aliphatic heterocycles. The summed E-state index contributed by atoms with van der Waals surface area (Å²) in [7, 11) is 3.60. The molecule has 0 saturated carbocycles. The summed E-state index contributed by atoms with van der Waals surface area (Å²) in [6, 6.07) is 0. The lowest BCUT2D eigenvalue weighted by Crippen LogP contribution is -2.24. The van der Waals surface area contributed by atoms with Gasteiger partial charge in [0.05, 0.1) is 25.4 Å². The summed E-state index contributed by atoms with van der Waals surface area (Å²) in [5.41, 5.74) is 0.0756. The molecule has 3 N–H and O–H groups in total. The third-order valence-electron chi connectivity index (χ3n) is 3.53. The van der Waals surface area contributed by atoms with Crippen LogP contribution in [0, 0.1) is 0 Å². The van der Waals surface area contributed by atoms with E-state index in [-0.39, 0.29) is 24.5 Å². The van der Waals surface area contributed by atoms with E-state index in [1.807, 2.05) is 0 Å². The molecule has 0 aromatic carbocycles. The molecule has 1 saturated heterocycles. The number of aliphatic hydroxyl groups excluding tert-OH is 2. The average molecular weight is 322 g/mol. The van der Waals surface area contributed by atoms with Crippen LogP contribution in [0.1, 0.15) is 12.6 Å². The van der Waals surface area contributed by atoms with Crippen LogP contribution in [0.25, 0.3) is 11.2 Å². The summed E-state index contributed by atoms with van der Waals surface area (Å²) in [5, 5.41) is 19.0. The van der Waals surface area contributed by atoms with E-state index in [4.69, 9.17) is 4.74 Å². The third-order valence-corrected chi connectivity index (χ3v) is 3.53. The Bertz CT molecular complexity index is 782. The molecule has 3 rings (SSSR count). The number of aliphatic hydroxyl groups is 2. The number of imidazole rings is 1. The van der Waals surface area contributed by atoms with Gasteiger partial charge in [-0.25, -0.2) is 9.98 Å². The van der Waals surface area contributed by atoms with Crippen molar-refractivity contribution in [2.45, 2.75) is 24.9 Å². The molecule has 10 nitrogen and oxygen atoms in total. The maximum Gasteiger partial charge on any atom is 0.280 e. The zero-order valence-electron chi connectivity index (χ0n) is 12.7. The van der Waals surface area contributed by atoms with Crippen LogP contribution in [-0.2, 0) is 4.74 Å². The topological polar surface area (TPSA) is 129 Å². The smallest absolute Gasteiger partial charge is 0.280 e. The van der Waals surface area contributed by atoms with E-state index in [1.165, 1.54) is 12.7 Å². The summed E-state index contributed by atoms with van der Waals surface area (Å²) >= 11 is 0. The van der Waals surface area contributed by atoms with E-state index in [1.54, 1.807) is 23.6 Å². The summed E-state index contributed by atoms with van der Waals surface area (Å²) in [6.07, 6.45) is 1.24. The quantitative estimate of drug-likeness (QED) is 0.485. The SMILES string of the molecule is CN(C)/C=N\c1nc2c(ncn2C2CC(O)C(CO)O2)c(=O)[nH]1. The van der Waals surface area contributed by atoms with E-state index in [9.17, 15) is 15.0 Å². The molecule has 0 bridgehead atoms. The number of H-pyrrole nitrogens is 1. The molecule has 3 atom stereocenters. The highest BCUT2D eigenvalue weighted by Crippen LogP contribution is 2.30. The van der Waals surface area contributed by atoms with E-state index in [2.05, 4.69) is 19.9 Å². The fraction of sp³-hybridized carbons (Fsp3) is 0.538. The van der Waals surface area contributed by atoms with Crippen molar-refractivity contribution in [2.75, 3.05) is 20.7 Å². The first-order valence-electron chi connectivity index (χ1n) is 7.11. The van der Waals surface area contributed by atoms with Gasteiger partial charge in [-0.15, -0.1) is 0 Å². The monoisotopic (exact) mass is 322 g/mol. The second-order valence-electron chi connectivity index (χ2n) is 5.54. The highest BCUT2D eigenvalue weighted by molar-refractivity contribution is 5.71. The van der Waals surface area contributed by atoms with Crippen LogP contribution in [0.5, 0.6) is 0 Å². The van der Waals surface area contributed by atoms with Gasteiger partial charge in [0.2, 0.25) is 5.95 Å². The van der Waals surface area contributed by atoms with E-state index < -0.39 is 24.0 Å². The van der Waals surface area contributed by atoms with Gasteiger partial charge in [0.15, 0.2) is 11.2 Å². The number of aromatic nitrogens is 4. The number of aliphatic imine (C=N–C) groups is 1. The van der Waals surface area contributed by atoms with Crippen molar-refractivity contribution in [1.82, 2.24) is 24.4 Å². The minimum atomic E-state index is -0.782. The van der Waals surface area contributed by atoms with Gasteiger partial charge >= 0.3 is 0 Å². The van der Waals surface area contributed by atoms with Gasteiger partial charge in [0, 0.05) is 20.5 Å². The van der Waals surface area contributed by atoms with E-state index in [0.717, 1.165) is 0 Å². The maximum atomic E-state index is 12.1. The molecule has 23 heavy (non-hydrogen) atoms. The number of fused-ring (bicyclic) bond motifs is 1. The Kier molecular flexibility index (Phi) is 4.11. The second-order valence-corrected chi connectivity index (χ2v) is 5.54. The summed E-state index contributed by atoms with van der Waals surface area (Å²) in [4.78, 5) is 28.7. The van der Waals surface area contributed by atoms with E-state index in [0.29, 0.717) is 5.65 Å². The lowest BCUT2D eigenvalue weighted by atomic mass is 10.2. The maximum absolute atomic E-state index is 12.1. The lowest BCUT2D eigenvalue weighted by molar-refractivity contribution is -0.0432. The number of ether oxygens (including phenoxy) is 1. The standard InChI is InChI=1S/C13H18N6O4/c1-18(2)5-15-13-16-11-10(12(22)17-13)14-6-19(11)9-3-7(21)8(4-20)23-9/h5-9,20-21H,3-4H2,1-2H3,(H,16,17,22)/b15-5-. The molecular weight excluding hydrogens is 304 g/mol. The predicted molar refractivity (Wildman–Crippen MR) is 81.6 cm³/mol. The molecule has 124 valence electrons. The normalized spacial score (nSPS) is 24.8. The van der Waals surface area contributed by atoms with E-state index >= 15 is 0 Å². The number of hydrogen-bond donors (Lipinski definition) is 3. The number of nitrogens with one attached hydrogen (secondary N) is 1. The number of aromatic amines is 1. The van der Waals surface area contributed by atoms with Crippen LogP contribution in [0.3, 0.4) is 0 Å². The number of hydrogen-bond acceptors (Lipinski definition) is 7. The molecule has 2 aromatic heterocycles. The molecule has 3 unspecified atom stereocenters. The first kappa shape index (κ1) is 15.6. The average Bonchev–Trinajstić information content (AvgIpc) is 3.08. The van der Waals surface area contributed by atoms with Gasteiger partial charge in [0.1, 0.15) is 12.3 Å². The molecule has 0 aliphatic carbocycles. The highest BCUT2D eigenvalue weighted by atomic mass is 16.5. The van der Waals surface area contributed by atoms with Gasteiger partial charge in [-0.05, 0) is 0 Å². The molecule has 10 heteroatoms. The van der Waals surface area contributed by atoms with Gasteiger partial charge in [0.25, 0.3) is 5.56 Å². The third kappa shape index (κ3) is 2.96. The molecule has 0 spiro atoms. The first-order chi connectivity index (χ1) is 11.0. The van der Waals surface area contributed by atoms with Gasteiger partial charge in [-0.1, -0.05) is 0 Å². The predicted octanol–water partition coefficient (Wildman–Crippen LogP) is -1.02. The Morgan fingerprint density at radius 3 is 3.04 bits per heavy atom. The van der Waals surface area contributed by atoms with Gasteiger partial charge in [-0.3, -0.25) is 14.3 Å². The minimum absolute atomic E-state index is 0.148. The highest BCUT2D eigenvalue weighted by Gasteiger charge is 2.35. The fourth-order valence-electron chi connectivity index (χ4n) is 2.41. The van der Waals surface area contributed by atoms with Crippen LogP contribution >= 0.6 is 0 Å². The van der Waals surface area contributed by atoms with Crippen molar-refractivity contribution in [1.29, 1.82) is 0 Å². The largest absolute Gasteiger partial charge is 0.394 e. The Labute approximate surface area is 131 Å². The van der Waals surface area contributed by atoms with Crippen LogP contribution in [-0.4, -0.2) is 73.9 Å². The van der Waals surface area contributed by atoms with Gasteiger partial charge < -0.3 is 19.8 Å². The van der Waals surface area contributed by atoms with Crippen LogP contribution in [0.15, 0.2) is 16.1 Å². The minimum Gasteiger partial charge on any atom is -0.394 e. The van der Waals surface area contributed by atoms with Gasteiger partial charge in [-0.2, -0.15) is 4.98 Å². The Morgan fingerprint density at radius 2 is 2.39 bits per heavy atom. The van der Waals surface area contributed by atoms with Crippen molar-refractivity contribution >= 4 is 23.5 Å². The molecular formula is C13H18N6O4. The van der Waals surface area contributed by atoms with Crippen molar-refractivity contribution in [2.24, 2.45) is 4.99 Å². The zero-order chi connectivity index (χ0) is 16.6. The molecule has 0 radical (unpaired) electrons. The first-order valence-corrected chi connectivity index (χ1v) is 7.11. The van der Waals surface area contributed by atoms with Crippen molar-refractivity contribution in [3.8, 4) is 0 Å². The molecule has 2 aromatic rings. The van der Waals surface area contributed by atoms with Crippen LogP contribution < -0.4 is 5.56 Å². The van der Waals surface area contributed by atoms with Crippen molar-refractivity contribution < 1.29 is 14.9 Å². The van der Waals surface area contributed by atoms with Crippen molar-refractivity contribution in [3.63, 3.8) is 0 Å². The summed E-state index contributed by atoms with van der Waals surface area (Å²) in [5.74, 6) is 0.148. The van der Waals surface area contributed by atoms with Crippen LogP contribution in [0.2, 0.25) is 0 Å². The molecule has 0 amide bonds. The summed E-state index contributed by atoms with van der Waals surface area (Å²) < 4.78 is 7.14. The zero-order valence-corrected chi connectivity index (χ0v) is 12.7. The van der Waals surface area contributed by atoms with Crippen molar-refractivity contribution in [3.05, 3.63) is 16.7 Å². The fourth-order valence-corrected chi connectivity index (χ4v) is 2.41. The lowest BCUT2D eigenvalue weighted by Gasteiger charge is -2.13. The molecule has 3 heterocycles. The Balaban J connectivity index is 2.00. The molecule has 1 aliphatic rings. The number of rotatable bonds is 4.